The lowest BCUT2D eigenvalue weighted by molar-refractivity contribution is 1.14. The van der Waals surface area contributed by atoms with Gasteiger partial charge in [-0.3, -0.25) is 0 Å². The molecule has 0 unspecified atom stereocenters. The maximum atomic E-state index is 4.15. The molecule has 0 aromatic carbocycles. The van der Waals surface area contributed by atoms with E-state index in [0.29, 0.717) is 5.70 Å². The molecule has 0 amide bonds. The summed E-state index contributed by atoms with van der Waals surface area (Å²) in [5.41, 5.74) is 2.65. The number of aliphatic imine (C=N–C) groups is 1. The van der Waals surface area contributed by atoms with Crippen molar-refractivity contribution in [3.63, 3.8) is 0 Å². The summed E-state index contributed by atoms with van der Waals surface area (Å²) >= 11 is 0. The van der Waals surface area contributed by atoms with Gasteiger partial charge >= 0.3 is 0 Å². The van der Waals surface area contributed by atoms with E-state index in [1.165, 1.54) is 5.57 Å². The molecule has 0 saturated heterocycles. The molecule has 2 heteroatoms. The van der Waals surface area contributed by atoms with Crippen LogP contribution < -0.4 is 5.32 Å². The molecule has 0 heterocycles. The van der Waals surface area contributed by atoms with Gasteiger partial charge in [-0.05, 0) is 32.9 Å². The van der Waals surface area contributed by atoms with Crippen molar-refractivity contribution in [1.82, 2.24) is 5.32 Å². The predicted molar refractivity (Wildman–Crippen MR) is 64.2 cm³/mol. The molecule has 0 spiro atoms. The van der Waals surface area contributed by atoms with Crippen molar-refractivity contribution < 1.29 is 0 Å². The lowest BCUT2D eigenvalue weighted by Crippen LogP contribution is -2.17. The number of rotatable bonds is 4. The molecule has 0 aromatic rings. The molecule has 14 heavy (non-hydrogen) atoms. The number of hydrogen-bond acceptors (Lipinski definition) is 1. The van der Waals surface area contributed by atoms with Crippen LogP contribution in [0, 0.1) is 0 Å². The van der Waals surface area contributed by atoms with Crippen LogP contribution in [-0.2, 0) is 0 Å². The first-order valence-corrected chi connectivity index (χ1v) is 4.43. The Balaban J connectivity index is 4.33. The Morgan fingerprint density at radius 3 is 2.21 bits per heavy atom. The van der Waals surface area contributed by atoms with Gasteiger partial charge in [0.1, 0.15) is 5.84 Å². The van der Waals surface area contributed by atoms with Crippen LogP contribution in [0.4, 0.5) is 0 Å². The van der Waals surface area contributed by atoms with Gasteiger partial charge in [0.2, 0.25) is 0 Å². The molecule has 0 atom stereocenters. The van der Waals surface area contributed by atoms with E-state index in [0.717, 1.165) is 11.5 Å². The van der Waals surface area contributed by atoms with Crippen molar-refractivity contribution in [2.24, 2.45) is 4.99 Å². The smallest absolute Gasteiger partial charge is 0.103 e. The van der Waals surface area contributed by atoms with E-state index in [1.807, 2.05) is 26.8 Å². The molecule has 0 fully saturated rings. The van der Waals surface area contributed by atoms with Crippen molar-refractivity contribution in [1.29, 1.82) is 0 Å². The predicted octanol–water partition coefficient (Wildman–Crippen LogP) is 3.17. The van der Waals surface area contributed by atoms with E-state index >= 15 is 0 Å². The second kappa shape index (κ2) is 5.97. The highest BCUT2D eigenvalue weighted by molar-refractivity contribution is 5.82. The van der Waals surface area contributed by atoms with Crippen molar-refractivity contribution >= 4 is 5.84 Å². The van der Waals surface area contributed by atoms with Crippen LogP contribution in [0.2, 0.25) is 0 Å². The van der Waals surface area contributed by atoms with Crippen molar-refractivity contribution in [2.45, 2.75) is 20.8 Å². The first kappa shape index (κ1) is 12.4. The summed E-state index contributed by atoms with van der Waals surface area (Å²) in [6.45, 7) is 17.0. The van der Waals surface area contributed by atoms with Gasteiger partial charge in [0.05, 0.1) is 5.70 Å². The Labute approximate surface area is 86.4 Å². The quantitative estimate of drug-likeness (QED) is 0.411. The second-order valence-corrected chi connectivity index (χ2v) is 3.26. The SMILES string of the molecule is C=CC(=C)N=C(C)NC(=C)C=C(C)C. The minimum absolute atomic E-state index is 0.639. The minimum atomic E-state index is 0.639. The van der Waals surface area contributed by atoms with Crippen LogP contribution >= 0.6 is 0 Å². The zero-order valence-corrected chi connectivity index (χ0v) is 9.22. The van der Waals surface area contributed by atoms with Crippen molar-refractivity contribution in [2.75, 3.05) is 0 Å². The number of nitrogens with zero attached hydrogens (tertiary/aromatic N) is 1. The molecule has 0 aliphatic carbocycles. The molecule has 76 valence electrons. The van der Waals surface area contributed by atoms with Crippen LogP contribution in [0.15, 0.2) is 53.8 Å². The second-order valence-electron chi connectivity index (χ2n) is 3.26. The molecule has 1 N–H and O–H groups in total. The number of amidine groups is 1. The van der Waals surface area contributed by atoms with Gasteiger partial charge in [-0.25, -0.2) is 4.99 Å². The normalized spacial score (nSPS) is 10.4. The van der Waals surface area contributed by atoms with Crippen LogP contribution in [-0.4, -0.2) is 5.84 Å². The van der Waals surface area contributed by atoms with Crippen LogP contribution in [0.5, 0.6) is 0 Å². The maximum absolute atomic E-state index is 4.15. The fraction of sp³-hybridized carbons (Fsp3) is 0.250. The third-order valence-electron chi connectivity index (χ3n) is 1.35. The Bertz CT molecular complexity index is 302. The zero-order chi connectivity index (χ0) is 11.1. The molecule has 0 radical (unpaired) electrons. The maximum Gasteiger partial charge on any atom is 0.103 e. The lowest BCUT2D eigenvalue weighted by atomic mass is 10.3. The summed E-state index contributed by atoms with van der Waals surface area (Å²) in [5.74, 6) is 0.761. The average Bonchev–Trinajstić information content (AvgIpc) is 2.01. The van der Waals surface area contributed by atoms with Gasteiger partial charge in [-0.15, -0.1) is 0 Å². The van der Waals surface area contributed by atoms with Gasteiger partial charge in [-0.2, -0.15) is 0 Å². The number of nitrogens with one attached hydrogen (secondary N) is 1. The summed E-state index contributed by atoms with van der Waals surface area (Å²) in [6.07, 6.45) is 3.56. The highest BCUT2D eigenvalue weighted by atomic mass is 15.0. The molecular formula is C12H18N2. The summed E-state index contributed by atoms with van der Waals surface area (Å²) in [7, 11) is 0. The monoisotopic (exact) mass is 190 g/mol. The van der Waals surface area contributed by atoms with Crippen molar-refractivity contribution in [3.05, 3.63) is 48.9 Å². The largest absolute Gasteiger partial charge is 0.344 e. The van der Waals surface area contributed by atoms with Crippen LogP contribution in [0.3, 0.4) is 0 Å². The van der Waals surface area contributed by atoms with E-state index < -0.39 is 0 Å². The highest BCUT2D eigenvalue weighted by Gasteiger charge is 1.92. The standard InChI is InChI=1S/C12H18N2/c1-7-10(4)13-12(6)14-11(5)8-9(2)3/h7-8H,1,4-5H2,2-3,6H3,(H,13,14). The van der Waals surface area contributed by atoms with E-state index in [1.54, 1.807) is 6.08 Å². The Morgan fingerprint density at radius 1 is 1.21 bits per heavy atom. The van der Waals surface area contributed by atoms with Crippen molar-refractivity contribution in [3.8, 4) is 0 Å². The molecule has 0 aliphatic heterocycles. The van der Waals surface area contributed by atoms with Gasteiger partial charge in [-0.1, -0.05) is 25.3 Å². The fourth-order valence-corrected chi connectivity index (χ4v) is 0.906. The number of hydrogen-bond donors (Lipinski definition) is 1. The summed E-state index contributed by atoms with van der Waals surface area (Å²) in [6, 6.07) is 0. The highest BCUT2D eigenvalue weighted by Crippen LogP contribution is 1.97. The summed E-state index contributed by atoms with van der Waals surface area (Å²) in [5, 5.41) is 3.05. The fourth-order valence-electron chi connectivity index (χ4n) is 0.906. The minimum Gasteiger partial charge on any atom is -0.344 e. The molecule has 0 aromatic heterocycles. The molecular weight excluding hydrogens is 172 g/mol. The Hall–Kier alpha value is -1.57. The van der Waals surface area contributed by atoms with Gasteiger partial charge < -0.3 is 5.32 Å². The van der Waals surface area contributed by atoms with E-state index in [2.05, 4.69) is 30.0 Å². The summed E-state index contributed by atoms with van der Waals surface area (Å²) in [4.78, 5) is 4.15. The van der Waals surface area contributed by atoms with Gasteiger partial charge in [0, 0.05) is 5.70 Å². The molecule has 0 rings (SSSR count). The first-order chi connectivity index (χ1) is 6.45. The van der Waals surface area contributed by atoms with Crippen LogP contribution in [0.1, 0.15) is 20.8 Å². The molecule has 0 bridgehead atoms. The van der Waals surface area contributed by atoms with Crippen LogP contribution in [0.25, 0.3) is 0 Å². The van der Waals surface area contributed by atoms with E-state index in [9.17, 15) is 0 Å². The molecule has 2 nitrogen and oxygen atoms in total. The van der Waals surface area contributed by atoms with Gasteiger partial charge in [0.25, 0.3) is 0 Å². The topological polar surface area (TPSA) is 24.4 Å². The third kappa shape index (κ3) is 6.00. The molecule has 0 aliphatic rings. The zero-order valence-electron chi connectivity index (χ0n) is 9.22. The average molecular weight is 190 g/mol. The Morgan fingerprint density at radius 2 is 1.79 bits per heavy atom. The number of allylic oxidation sites excluding steroid dienone is 3. The first-order valence-electron chi connectivity index (χ1n) is 4.43. The van der Waals surface area contributed by atoms with E-state index in [-0.39, 0.29) is 0 Å². The lowest BCUT2D eigenvalue weighted by Gasteiger charge is -2.05. The van der Waals surface area contributed by atoms with Gasteiger partial charge in [0.15, 0.2) is 0 Å². The third-order valence-corrected chi connectivity index (χ3v) is 1.35. The molecule has 0 saturated carbocycles. The Kier molecular flexibility index (Phi) is 5.30. The van der Waals surface area contributed by atoms with E-state index in [4.69, 9.17) is 0 Å². The summed E-state index contributed by atoms with van der Waals surface area (Å²) < 4.78 is 0.